The van der Waals surface area contributed by atoms with Crippen molar-refractivity contribution in [3.8, 4) is 0 Å². The average molecular weight is 296 g/mol. The minimum absolute atomic E-state index is 0.0583. The van der Waals surface area contributed by atoms with Gasteiger partial charge in [-0.05, 0) is 44.9 Å². The standard InChI is InChI=1S/C17H20N4O/c1-12-5-6-14(10-19-12)17(22)21-9-3-4-15(11-21)16-7-8-18-13(2)20-16/h5-8,10,15H,3-4,9,11H2,1-2H3. The van der Waals surface area contributed by atoms with Crippen molar-refractivity contribution >= 4 is 5.91 Å². The van der Waals surface area contributed by atoms with Crippen LogP contribution in [0.25, 0.3) is 0 Å². The van der Waals surface area contributed by atoms with Gasteiger partial charge in [0.2, 0.25) is 0 Å². The smallest absolute Gasteiger partial charge is 0.255 e. The molecule has 0 aromatic carbocycles. The molecule has 0 saturated carbocycles. The molecule has 114 valence electrons. The van der Waals surface area contributed by atoms with Crippen LogP contribution in [0.5, 0.6) is 0 Å². The predicted molar refractivity (Wildman–Crippen MR) is 83.6 cm³/mol. The molecule has 1 unspecified atom stereocenters. The molecule has 1 aliphatic heterocycles. The Balaban J connectivity index is 1.75. The van der Waals surface area contributed by atoms with Crippen LogP contribution in [0.15, 0.2) is 30.6 Å². The number of hydrogen-bond acceptors (Lipinski definition) is 4. The first-order valence-electron chi connectivity index (χ1n) is 7.65. The maximum atomic E-state index is 12.6. The fourth-order valence-corrected chi connectivity index (χ4v) is 2.88. The van der Waals surface area contributed by atoms with Gasteiger partial charge in [0.25, 0.3) is 5.91 Å². The molecule has 3 heterocycles. The van der Waals surface area contributed by atoms with Crippen LogP contribution in [0.4, 0.5) is 0 Å². The monoisotopic (exact) mass is 296 g/mol. The molecule has 1 atom stereocenters. The molecule has 2 aromatic rings. The topological polar surface area (TPSA) is 59.0 Å². The zero-order valence-electron chi connectivity index (χ0n) is 13.0. The summed E-state index contributed by atoms with van der Waals surface area (Å²) in [5.74, 6) is 1.13. The van der Waals surface area contributed by atoms with Crippen LogP contribution in [0, 0.1) is 13.8 Å². The van der Waals surface area contributed by atoms with Gasteiger partial charge in [0, 0.05) is 42.8 Å². The van der Waals surface area contributed by atoms with Crippen LogP contribution in [0.1, 0.15) is 46.3 Å². The molecule has 2 aromatic heterocycles. The Labute approximate surface area is 130 Å². The lowest BCUT2D eigenvalue weighted by atomic mass is 9.94. The van der Waals surface area contributed by atoms with Gasteiger partial charge in [-0.1, -0.05) is 0 Å². The summed E-state index contributed by atoms with van der Waals surface area (Å²) in [6.45, 7) is 5.33. The predicted octanol–water partition coefficient (Wildman–Crippen LogP) is 2.51. The van der Waals surface area contributed by atoms with Crippen molar-refractivity contribution in [1.29, 1.82) is 0 Å². The number of aryl methyl sites for hydroxylation is 2. The second kappa shape index (κ2) is 6.22. The van der Waals surface area contributed by atoms with Gasteiger partial charge in [-0.25, -0.2) is 9.97 Å². The number of nitrogens with zero attached hydrogens (tertiary/aromatic N) is 4. The number of rotatable bonds is 2. The minimum Gasteiger partial charge on any atom is -0.338 e. The molecule has 0 aliphatic carbocycles. The Hall–Kier alpha value is -2.30. The second-order valence-corrected chi connectivity index (χ2v) is 5.81. The lowest BCUT2D eigenvalue weighted by Crippen LogP contribution is -2.39. The van der Waals surface area contributed by atoms with Crippen LogP contribution in [-0.2, 0) is 0 Å². The number of aromatic nitrogens is 3. The molecular formula is C17H20N4O. The fraction of sp³-hybridized carbons (Fsp3) is 0.412. The van der Waals surface area contributed by atoms with E-state index in [-0.39, 0.29) is 11.8 Å². The molecular weight excluding hydrogens is 276 g/mol. The summed E-state index contributed by atoms with van der Waals surface area (Å²) < 4.78 is 0. The largest absolute Gasteiger partial charge is 0.338 e. The quantitative estimate of drug-likeness (QED) is 0.854. The van der Waals surface area contributed by atoms with E-state index in [0.717, 1.165) is 36.6 Å². The Morgan fingerprint density at radius 1 is 1.23 bits per heavy atom. The van der Waals surface area contributed by atoms with Gasteiger partial charge in [0.15, 0.2) is 0 Å². The number of amides is 1. The van der Waals surface area contributed by atoms with Gasteiger partial charge >= 0.3 is 0 Å². The highest BCUT2D eigenvalue weighted by Crippen LogP contribution is 2.26. The van der Waals surface area contributed by atoms with Crippen LogP contribution in [0.2, 0.25) is 0 Å². The third-order valence-electron chi connectivity index (χ3n) is 4.08. The first-order chi connectivity index (χ1) is 10.6. The summed E-state index contributed by atoms with van der Waals surface area (Å²) >= 11 is 0. The zero-order valence-corrected chi connectivity index (χ0v) is 13.0. The Bertz CT molecular complexity index is 669. The van der Waals surface area contributed by atoms with Crippen molar-refractivity contribution in [2.45, 2.75) is 32.6 Å². The van der Waals surface area contributed by atoms with Crippen molar-refractivity contribution in [3.63, 3.8) is 0 Å². The van der Waals surface area contributed by atoms with E-state index in [4.69, 9.17) is 0 Å². The highest BCUT2D eigenvalue weighted by molar-refractivity contribution is 5.94. The summed E-state index contributed by atoms with van der Waals surface area (Å²) in [7, 11) is 0. The summed E-state index contributed by atoms with van der Waals surface area (Å²) in [5, 5.41) is 0. The molecule has 3 rings (SSSR count). The Morgan fingerprint density at radius 2 is 2.09 bits per heavy atom. The zero-order chi connectivity index (χ0) is 15.5. The van der Waals surface area contributed by atoms with Crippen LogP contribution in [-0.4, -0.2) is 38.8 Å². The van der Waals surface area contributed by atoms with E-state index in [2.05, 4.69) is 15.0 Å². The maximum Gasteiger partial charge on any atom is 0.255 e. The Kier molecular flexibility index (Phi) is 4.13. The summed E-state index contributed by atoms with van der Waals surface area (Å²) in [6.07, 6.45) is 5.52. The third kappa shape index (κ3) is 3.13. The fourth-order valence-electron chi connectivity index (χ4n) is 2.88. The Morgan fingerprint density at radius 3 is 2.82 bits per heavy atom. The van der Waals surface area contributed by atoms with Gasteiger partial charge in [-0.15, -0.1) is 0 Å². The second-order valence-electron chi connectivity index (χ2n) is 5.81. The highest BCUT2D eigenvalue weighted by atomic mass is 16.2. The molecule has 22 heavy (non-hydrogen) atoms. The van der Waals surface area contributed by atoms with E-state index < -0.39 is 0 Å². The van der Waals surface area contributed by atoms with Crippen molar-refractivity contribution in [1.82, 2.24) is 19.9 Å². The highest BCUT2D eigenvalue weighted by Gasteiger charge is 2.26. The molecule has 1 fully saturated rings. The molecule has 5 heteroatoms. The molecule has 0 radical (unpaired) electrons. The van der Waals surface area contributed by atoms with Gasteiger partial charge in [0.05, 0.1) is 5.56 Å². The lowest BCUT2D eigenvalue weighted by molar-refractivity contribution is 0.0705. The van der Waals surface area contributed by atoms with E-state index in [0.29, 0.717) is 12.1 Å². The van der Waals surface area contributed by atoms with E-state index in [1.165, 1.54) is 0 Å². The number of carbonyl (C=O) groups excluding carboxylic acids is 1. The molecule has 0 spiro atoms. The van der Waals surface area contributed by atoms with Crippen LogP contribution < -0.4 is 0 Å². The molecule has 1 saturated heterocycles. The van der Waals surface area contributed by atoms with Gasteiger partial charge in [-0.3, -0.25) is 9.78 Å². The number of piperidine rings is 1. The third-order valence-corrected chi connectivity index (χ3v) is 4.08. The van der Waals surface area contributed by atoms with Crippen LogP contribution >= 0.6 is 0 Å². The number of carbonyl (C=O) groups is 1. The normalized spacial score (nSPS) is 18.3. The summed E-state index contributed by atoms with van der Waals surface area (Å²) in [5.41, 5.74) is 2.61. The first-order valence-corrected chi connectivity index (χ1v) is 7.65. The van der Waals surface area contributed by atoms with Crippen molar-refractivity contribution < 1.29 is 4.79 Å². The van der Waals surface area contributed by atoms with Gasteiger partial charge in [0.1, 0.15) is 5.82 Å². The molecule has 1 aliphatic rings. The molecule has 5 nitrogen and oxygen atoms in total. The number of likely N-dealkylation sites (tertiary alicyclic amines) is 1. The minimum atomic E-state index is 0.0583. The number of pyridine rings is 1. The van der Waals surface area contributed by atoms with Crippen molar-refractivity contribution in [2.75, 3.05) is 13.1 Å². The lowest BCUT2D eigenvalue weighted by Gasteiger charge is -2.32. The average Bonchev–Trinajstić information content (AvgIpc) is 2.55. The number of hydrogen-bond donors (Lipinski definition) is 0. The van der Waals surface area contributed by atoms with Crippen LogP contribution in [0.3, 0.4) is 0 Å². The van der Waals surface area contributed by atoms with Crippen molar-refractivity contribution in [3.05, 3.63) is 53.4 Å². The van der Waals surface area contributed by atoms with E-state index in [1.807, 2.05) is 36.9 Å². The van der Waals surface area contributed by atoms with Gasteiger partial charge < -0.3 is 4.90 Å². The first kappa shape index (κ1) is 14.6. The molecule has 1 amide bonds. The van der Waals surface area contributed by atoms with E-state index in [9.17, 15) is 4.79 Å². The van der Waals surface area contributed by atoms with Gasteiger partial charge in [-0.2, -0.15) is 0 Å². The van der Waals surface area contributed by atoms with E-state index in [1.54, 1.807) is 12.4 Å². The summed E-state index contributed by atoms with van der Waals surface area (Å²) in [4.78, 5) is 27.4. The molecule has 0 N–H and O–H groups in total. The SMILES string of the molecule is Cc1ccc(C(=O)N2CCCC(c3ccnc(C)n3)C2)cn1. The maximum absolute atomic E-state index is 12.6. The van der Waals surface area contributed by atoms with E-state index >= 15 is 0 Å². The molecule has 0 bridgehead atoms. The van der Waals surface area contributed by atoms with Crippen molar-refractivity contribution in [2.24, 2.45) is 0 Å². The summed E-state index contributed by atoms with van der Waals surface area (Å²) in [6, 6.07) is 5.69.